The Balaban J connectivity index is 2.09. The van der Waals surface area contributed by atoms with Crippen LogP contribution in [0.2, 0.25) is 0 Å². The number of carbonyl (C=O) groups is 2. The summed E-state index contributed by atoms with van der Waals surface area (Å²) in [5.41, 5.74) is 1.43. The summed E-state index contributed by atoms with van der Waals surface area (Å²) < 4.78 is 5.25. The number of thioether (sulfide) groups is 1. The first-order valence-corrected chi connectivity index (χ1v) is 10.2. The maximum Gasteiger partial charge on any atom is 0.255 e. The highest BCUT2D eigenvalue weighted by Gasteiger charge is 2.24. The van der Waals surface area contributed by atoms with Gasteiger partial charge in [-0.15, -0.1) is 0 Å². The normalized spacial score (nSPS) is 12.7. The van der Waals surface area contributed by atoms with Crippen molar-refractivity contribution in [3.05, 3.63) is 65.7 Å². The monoisotopic (exact) mass is 386 g/mol. The number of carbonyl (C=O) groups excluding carboxylic acids is 2. The van der Waals surface area contributed by atoms with E-state index in [1.165, 1.54) is 7.11 Å². The average Bonchev–Trinajstić information content (AvgIpc) is 2.71. The van der Waals surface area contributed by atoms with Gasteiger partial charge in [0.05, 0.1) is 18.7 Å². The van der Waals surface area contributed by atoms with E-state index in [0.717, 1.165) is 11.3 Å². The Morgan fingerprint density at radius 1 is 1.04 bits per heavy atom. The second-order valence-corrected chi connectivity index (χ2v) is 7.13. The molecule has 0 heterocycles. The fourth-order valence-electron chi connectivity index (χ4n) is 2.71. The van der Waals surface area contributed by atoms with Crippen molar-refractivity contribution in [2.24, 2.45) is 0 Å². The van der Waals surface area contributed by atoms with E-state index in [0.29, 0.717) is 17.7 Å². The number of amides is 2. The first kappa shape index (κ1) is 20.8. The van der Waals surface area contributed by atoms with Gasteiger partial charge in [0, 0.05) is 0 Å². The van der Waals surface area contributed by atoms with Crippen LogP contribution in [-0.4, -0.2) is 37.0 Å². The van der Waals surface area contributed by atoms with Gasteiger partial charge in [-0.05, 0) is 43.0 Å². The summed E-state index contributed by atoms with van der Waals surface area (Å²) in [7, 11) is 1.52. The van der Waals surface area contributed by atoms with Crippen LogP contribution in [0.4, 0.5) is 0 Å². The van der Waals surface area contributed by atoms with Crippen molar-refractivity contribution in [3.63, 3.8) is 0 Å². The molecule has 6 heteroatoms. The number of benzene rings is 2. The number of hydrogen-bond donors (Lipinski definition) is 2. The molecule has 0 saturated carbocycles. The Morgan fingerprint density at radius 2 is 1.70 bits per heavy atom. The van der Waals surface area contributed by atoms with Crippen molar-refractivity contribution in [3.8, 4) is 5.75 Å². The SMILES string of the molecule is COc1ccccc1C(=O)NC(CCSC)C(=O)NC(C)c1ccccc1. The van der Waals surface area contributed by atoms with E-state index in [-0.39, 0.29) is 17.9 Å². The van der Waals surface area contributed by atoms with Gasteiger partial charge in [0.2, 0.25) is 5.91 Å². The summed E-state index contributed by atoms with van der Waals surface area (Å²) in [4.78, 5) is 25.5. The zero-order valence-corrected chi connectivity index (χ0v) is 16.7. The maximum absolute atomic E-state index is 12.8. The van der Waals surface area contributed by atoms with Gasteiger partial charge in [0.25, 0.3) is 5.91 Å². The molecule has 0 fully saturated rings. The highest BCUT2D eigenvalue weighted by atomic mass is 32.2. The highest BCUT2D eigenvalue weighted by Crippen LogP contribution is 2.18. The fourth-order valence-corrected chi connectivity index (χ4v) is 3.18. The van der Waals surface area contributed by atoms with Gasteiger partial charge in [-0.2, -0.15) is 11.8 Å². The van der Waals surface area contributed by atoms with Crippen molar-refractivity contribution in [2.45, 2.75) is 25.4 Å². The molecule has 0 radical (unpaired) electrons. The lowest BCUT2D eigenvalue weighted by Gasteiger charge is -2.22. The molecule has 5 nitrogen and oxygen atoms in total. The van der Waals surface area contributed by atoms with Crippen LogP contribution in [0, 0.1) is 0 Å². The molecule has 2 rings (SSSR count). The van der Waals surface area contributed by atoms with E-state index in [1.807, 2.05) is 43.5 Å². The molecule has 0 aromatic heterocycles. The molecular weight excluding hydrogens is 360 g/mol. The van der Waals surface area contributed by atoms with Gasteiger partial charge >= 0.3 is 0 Å². The third kappa shape index (κ3) is 6.03. The zero-order valence-electron chi connectivity index (χ0n) is 15.9. The molecule has 2 amide bonds. The Bertz CT molecular complexity index is 752. The molecule has 144 valence electrons. The predicted octanol–water partition coefficient (Wildman–Crippen LogP) is 3.42. The molecule has 0 aliphatic rings. The second-order valence-electron chi connectivity index (χ2n) is 6.15. The Labute approximate surface area is 164 Å². The van der Waals surface area contributed by atoms with Crippen LogP contribution in [-0.2, 0) is 4.79 Å². The molecule has 0 saturated heterocycles. The molecule has 0 spiro atoms. The van der Waals surface area contributed by atoms with Crippen molar-refractivity contribution < 1.29 is 14.3 Å². The van der Waals surface area contributed by atoms with E-state index >= 15 is 0 Å². The molecule has 2 aromatic rings. The summed E-state index contributed by atoms with van der Waals surface area (Å²) in [6.45, 7) is 1.93. The van der Waals surface area contributed by atoms with Gasteiger partial charge in [-0.25, -0.2) is 0 Å². The Kier molecular flexibility index (Phi) is 8.20. The van der Waals surface area contributed by atoms with Crippen LogP contribution in [0.25, 0.3) is 0 Å². The van der Waals surface area contributed by atoms with Gasteiger partial charge in [0.15, 0.2) is 0 Å². The van der Waals surface area contributed by atoms with Gasteiger partial charge in [-0.3, -0.25) is 9.59 Å². The summed E-state index contributed by atoms with van der Waals surface area (Å²) in [5, 5.41) is 5.85. The average molecular weight is 387 g/mol. The third-order valence-corrected chi connectivity index (χ3v) is 4.89. The topological polar surface area (TPSA) is 67.4 Å². The lowest BCUT2D eigenvalue weighted by atomic mass is 10.1. The molecule has 2 aromatic carbocycles. The Morgan fingerprint density at radius 3 is 2.37 bits per heavy atom. The summed E-state index contributed by atoms with van der Waals surface area (Å²) in [6, 6.07) is 16.0. The van der Waals surface area contributed by atoms with Crippen molar-refractivity contribution in [1.29, 1.82) is 0 Å². The summed E-state index contributed by atoms with van der Waals surface area (Å²) >= 11 is 1.64. The zero-order chi connectivity index (χ0) is 19.6. The van der Waals surface area contributed by atoms with Crippen LogP contribution < -0.4 is 15.4 Å². The van der Waals surface area contributed by atoms with Crippen LogP contribution in [0.15, 0.2) is 54.6 Å². The van der Waals surface area contributed by atoms with Crippen molar-refractivity contribution in [1.82, 2.24) is 10.6 Å². The third-order valence-electron chi connectivity index (χ3n) is 4.24. The first-order valence-electron chi connectivity index (χ1n) is 8.85. The lowest BCUT2D eigenvalue weighted by Crippen LogP contribution is -2.47. The number of ether oxygens (including phenoxy) is 1. The van der Waals surface area contributed by atoms with Gasteiger partial charge in [-0.1, -0.05) is 42.5 Å². The van der Waals surface area contributed by atoms with E-state index in [4.69, 9.17) is 4.74 Å². The minimum absolute atomic E-state index is 0.140. The molecule has 27 heavy (non-hydrogen) atoms. The van der Waals surface area contributed by atoms with Crippen LogP contribution in [0.3, 0.4) is 0 Å². The van der Waals surface area contributed by atoms with Crippen LogP contribution in [0.1, 0.15) is 35.3 Å². The van der Waals surface area contributed by atoms with Crippen molar-refractivity contribution in [2.75, 3.05) is 19.1 Å². The summed E-state index contributed by atoms with van der Waals surface area (Å²) in [5.74, 6) is 0.741. The van der Waals surface area contributed by atoms with Crippen LogP contribution in [0.5, 0.6) is 5.75 Å². The number of methoxy groups -OCH3 is 1. The van der Waals surface area contributed by atoms with Crippen LogP contribution >= 0.6 is 11.8 Å². The van der Waals surface area contributed by atoms with Gasteiger partial charge in [0.1, 0.15) is 11.8 Å². The maximum atomic E-state index is 12.8. The lowest BCUT2D eigenvalue weighted by molar-refractivity contribution is -0.123. The van der Waals surface area contributed by atoms with Crippen molar-refractivity contribution >= 4 is 23.6 Å². The largest absolute Gasteiger partial charge is 0.496 e. The highest BCUT2D eigenvalue weighted by molar-refractivity contribution is 7.98. The molecule has 2 atom stereocenters. The second kappa shape index (κ2) is 10.6. The minimum Gasteiger partial charge on any atom is -0.496 e. The van der Waals surface area contributed by atoms with E-state index in [2.05, 4.69) is 10.6 Å². The number of rotatable bonds is 9. The molecule has 0 bridgehead atoms. The fraction of sp³-hybridized carbons (Fsp3) is 0.333. The number of nitrogens with one attached hydrogen (secondary N) is 2. The molecule has 0 aliphatic heterocycles. The smallest absolute Gasteiger partial charge is 0.255 e. The first-order chi connectivity index (χ1) is 13.1. The molecule has 2 N–H and O–H groups in total. The number of para-hydroxylation sites is 1. The predicted molar refractivity (Wildman–Crippen MR) is 110 cm³/mol. The number of hydrogen-bond acceptors (Lipinski definition) is 4. The van der Waals surface area contributed by atoms with E-state index in [1.54, 1.807) is 36.0 Å². The summed E-state index contributed by atoms with van der Waals surface area (Å²) in [6.07, 6.45) is 2.53. The standard InChI is InChI=1S/C21H26N2O3S/c1-15(16-9-5-4-6-10-16)22-21(25)18(13-14-27-3)23-20(24)17-11-7-8-12-19(17)26-2/h4-12,15,18H,13-14H2,1-3H3,(H,22,25)(H,23,24). The van der Waals surface area contributed by atoms with E-state index < -0.39 is 6.04 Å². The van der Waals surface area contributed by atoms with Gasteiger partial charge < -0.3 is 15.4 Å². The van der Waals surface area contributed by atoms with E-state index in [9.17, 15) is 9.59 Å². The Hall–Kier alpha value is -2.47. The molecule has 0 aliphatic carbocycles. The molecular formula is C21H26N2O3S. The minimum atomic E-state index is -0.610. The molecule has 2 unspecified atom stereocenters. The quantitative estimate of drug-likeness (QED) is 0.693.